The molecule has 2 aromatic rings. The number of pyridine rings is 1. The van der Waals surface area contributed by atoms with Crippen LogP contribution in [0.1, 0.15) is 102 Å². The average Bonchev–Trinajstić information content (AvgIpc) is 2.91. The minimum absolute atomic E-state index is 0. The lowest BCUT2D eigenvalue weighted by molar-refractivity contribution is -0.694. The Morgan fingerprint density at radius 3 is 2.00 bits per heavy atom. The summed E-state index contributed by atoms with van der Waals surface area (Å²) in [4.78, 5) is 0. The van der Waals surface area contributed by atoms with E-state index in [9.17, 15) is 8.42 Å². The van der Waals surface area contributed by atoms with Crippen molar-refractivity contribution in [3.8, 4) is 11.5 Å². The van der Waals surface area contributed by atoms with Gasteiger partial charge in [-0.25, -0.2) is 13.0 Å². The first-order valence-electron chi connectivity index (χ1n) is 14.6. The molecule has 1 aromatic heterocycles. The van der Waals surface area contributed by atoms with E-state index in [1.807, 2.05) is 47.3 Å². The van der Waals surface area contributed by atoms with Crippen molar-refractivity contribution < 1.29 is 46.4 Å². The van der Waals surface area contributed by atoms with Gasteiger partial charge in [-0.15, -0.1) is 0 Å². The van der Waals surface area contributed by atoms with Crippen molar-refractivity contribution in [3.63, 3.8) is 0 Å². The topological polar surface area (TPSA) is 59.7 Å². The number of hydrogen-bond donors (Lipinski definition) is 0. The van der Waals surface area contributed by atoms with Crippen LogP contribution >= 0.6 is 0 Å². The van der Waals surface area contributed by atoms with Gasteiger partial charge >= 0.3 is 0 Å². The molecule has 6 nitrogen and oxygen atoms in total. The Morgan fingerprint density at radius 1 is 0.821 bits per heavy atom. The molecule has 0 saturated heterocycles. The average molecular weight is 675 g/mol. The van der Waals surface area contributed by atoms with Crippen LogP contribution in [0, 0.1) is 0 Å². The smallest absolute Gasteiger partial charge is 0.211 e. The van der Waals surface area contributed by atoms with Crippen molar-refractivity contribution in [2.75, 3.05) is 20.0 Å². The highest BCUT2D eigenvalue weighted by molar-refractivity contribution is 7.88. The van der Waals surface area contributed by atoms with Crippen LogP contribution in [0.2, 0.25) is 0 Å². The monoisotopic (exact) mass is 674 g/mol. The van der Waals surface area contributed by atoms with E-state index in [1.54, 1.807) is 7.11 Å². The summed E-state index contributed by atoms with van der Waals surface area (Å²) in [7, 11) is -1.82. The first kappa shape index (κ1) is 35.6. The van der Waals surface area contributed by atoms with Gasteiger partial charge in [-0.2, -0.15) is 4.31 Å². The lowest BCUT2D eigenvalue weighted by Gasteiger charge is -2.22. The minimum atomic E-state index is -3.44. The quantitative estimate of drug-likeness (QED) is 0.114. The van der Waals surface area contributed by atoms with E-state index in [0.717, 1.165) is 30.5 Å². The van der Waals surface area contributed by atoms with E-state index in [2.05, 4.69) is 13.8 Å². The fourth-order valence-corrected chi connectivity index (χ4v) is 5.44. The maximum absolute atomic E-state index is 12.7. The van der Waals surface area contributed by atoms with Crippen LogP contribution in [0.4, 0.5) is 0 Å². The number of benzene rings is 1. The molecule has 8 heteroatoms. The highest BCUT2D eigenvalue weighted by Crippen LogP contribution is 2.33. The van der Waals surface area contributed by atoms with Gasteiger partial charge in [0, 0.05) is 30.3 Å². The number of ether oxygens (including phenoxy) is 2. The SMILES string of the molecule is CCCCCCCCCCCCCCOc1c(CN(Cc2ccc[n+](CC)c2)S(C)(=O)=O)cccc1OC.[I-]. The molecule has 0 aliphatic carbocycles. The zero-order valence-corrected chi connectivity index (χ0v) is 27.6. The maximum Gasteiger partial charge on any atom is 0.211 e. The third-order valence-electron chi connectivity index (χ3n) is 6.98. The van der Waals surface area contributed by atoms with Gasteiger partial charge in [0.25, 0.3) is 0 Å². The zero-order chi connectivity index (χ0) is 27.6. The largest absolute Gasteiger partial charge is 1.00 e. The van der Waals surface area contributed by atoms with Crippen molar-refractivity contribution in [2.45, 2.75) is 111 Å². The molecule has 0 N–H and O–H groups in total. The van der Waals surface area contributed by atoms with Gasteiger partial charge in [0.05, 0.1) is 20.0 Å². The van der Waals surface area contributed by atoms with Crippen LogP contribution in [0.15, 0.2) is 42.7 Å². The molecular weight excluding hydrogens is 623 g/mol. The highest BCUT2D eigenvalue weighted by Gasteiger charge is 2.22. The van der Waals surface area contributed by atoms with E-state index in [0.29, 0.717) is 24.7 Å². The summed E-state index contributed by atoms with van der Waals surface area (Å²) < 4.78 is 40.7. The summed E-state index contributed by atoms with van der Waals surface area (Å²) >= 11 is 0. The van der Waals surface area contributed by atoms with Crippen LogP contribution in [0.5, 0.6) is 11.5 Å². The molecule has 39 heavy (non-hydrogen) atoms. The molecule has 2 rings (SSSR count). The van der Waals surface area contributed by atoms with Crippen molar-refractivity contribution in [1.82, 2.24) is 4.31 Å². The van der Waals surface area contributed by atoms with Crippen LogP contribution in [0.25, 0.3) is 0 Å². The molecule has 1 aromatic carbocycles. The molecular formula is C31H51IN2O4S. The first-order valence-corrected chi connectivity index (χ1v) is 16.5. The molecule has 0 fully saturated rings. The third kappa shape index (κ3) is 14.2. The number of aryl methyl sites for hydroxylation is 1. The fraction of sp³-hybridized carbons (Fsp3) is 0.645. The number of hydrogen-bond acceptors (Lipinski definition) is 4. The van der Waals surface area contributed by atoms with Crippen LogP contribution in [-0.4, -0.2) is 32.7 Å². The molecule has 0 aliphatic rings. The van der Waals surface area contributed by atoms with Gasteiger partial charge in [-0.05, 0) is 25.5 Å². The highest BCUT2D eigenvalue weighted by atomic mass is 127. The molecule has 0 atom stereocenters. The number of halogens is 1. The van der Waals surface area contributed by atoms with Gasteiger partial charge in [0.15, 0.2) is 23.9 Å². The normalized spacial score (nSPS) is 11.4. The summed E-state index contributed by atoms with van der Waals surface area (Å²) in [6, 6.07) is 9.59. The summed E-state index contributed by atoms with van der Waals surface area (Å²) in [5, 5.41) is 0. The summed E-state index contributed by atoms with van der Waals surface area (Å²) in [5.41, 5.74) is 1.76. The Labute approximate surface area is 255 Å². The number of para-hydroxylation sites is 1. The molecule has 0 bridgehead atoms. The van der Waals surface area contributed by atoms with Crippen LogP contribution < -0.4 is 38.0 Å². The number of nitrogens with zero attached hydrogens (tertiary/aromatic N) is 2. The predicted octanol–water partition coefficient (Wildman–Crippen LogP) is 4.05. The number of aromatic nitrogens is 1. The first-order chi connectivity index (χ1) is 18.4. The zero-order valence-electron chi connectivity index (χ0n) is 24.7. The second-order valence-electron chi connectivity index (χ2n) is 10.3. The van der Waals surface area contributed by atoms with Gasteiger partial charge in [0.1, 0.15) is 6.54 Å². The molecule has 0 saturated carbocycles. The van der Waals surface area contributed by atoms with Crippen molar-refractivity contribution in [1.29, 1.82) is 0 Å². The van der Waals surface area contributed by atoms with Crippen LogP contribution in [0.3, 0.4) is 0 Å². The van der Waals surface area contributed by atoms with E-state index < -0.39 is 10.0 Å². The standard InChI is InChI=1S/C31H51N2O4S.HI/c1-5-7-8-9-10-11-12-13-14-15-16-17-24-37-31-29(21-18-22-30(31)36-3)27-33(38(4,34)35)26-28-20-19-23-32(6-2)25-28;/h18-23,25H,5-17,24,26-27H2,1-4H3;1H/q+1;/p-1. The number of unbranched alkanes of at least 4 members (excludes halogenated alkanes) is 11. The lowest BCUT2D eigenvalue weighted by atomic mass is 10.1. The number of sulfonamides is 1. The number of methoxy groups -OCH3 is 1. The lowest BCUT2D eigenvalue weighted by Crippen LogP contribution is -3.00. The molecule has 0 amide bonds. The van der Waals surface area contributed by atoms with Gasteiger partial charge in [0.2, 0.25) is 10.0 Å². The van der Waals surface area contributed by atoms with E-state index in [-0.39, 0.29) is 30.5 Å². The maximum atomic E-state index is 12.7. The van der Waals surface area contributed by atoms with E-state index >= 15 is 0 Å². The van der Waals surface area contributed by atoms with Crippen LogP contribution in [-0.2, 0) is 29.7 Å². The van der Waals surface area contributed by atoms with E-state index in [1.165, 1.54) is 74.8 Å². The van der Waals surface area contributed by atoms with Crippen molar-refractivity contribution in [2.24, 2.45) is 0 Å². The second-order valence-corrected chi connectivity index (χ2v) is 12.2. The fourth-order valence-electron chi connectivity index (χ4n) is 4.68. The third-order valence-corrected chi connectivity index (χ3v) is 8.18. The Morgan fingerprint density at radius 2 is 1.44 bits per heavy atom. The van der Waals surface area contributed by atoms with E-state index in [4.69, 9.17) is 9.47 Å². The van der Waals surface area contributed by atoms with Crippen molar-refractivity contribution >= 4 is 10.0 Å². The van der Waals surface area contributed by atoms with Gasteiger partial charge in [-0.1, -0.05) is 89.7 Å². The Balaban J connectivity index is 0.00000760. The molecule has 0 radical (unpaired) electrons. The molecule has 0 spiro atoms. The summed E-state index contributed by atoms with van der Waals surface area (Å²) in [6.07, 6.45) is 20.8. The molecule has 1 heterocycles. The molecule has 0 aliphatic heterocycles. The summed E-state index contributed by atoms with van der Waals surface area (Å²) in [5.74, 6) is 1.28. The Bertz CT molecular complexity index is 1030. The molecule has 0 unspecified atom stereocenters. The minimum Gasteiger partial charge on any atom is -1.00 e. The van der Waals surface area contributed by atoms with Gasteiger partial charge < -0.3 is 33.5 Å². The molecule has 222 valence electrons. The Kier molecular flexibility index (Phi) is 18.7. The Hall–Kier alpha value is -1.39. The van der Waals surface area contributed by atoms with Crippen molar-refractivity contribution in [3.05, 3.63) is 53.9 Å². The second kappa shape index (κ2) is 20.5. The van der Waals surface area contributed by atoms with Gasteiger partial charge in [-0.3, -0.25) is 0 Å². The number of rotatable bonds is 21. The predicted molar refractivity (Wildman–Crippen MR) is 156 cm³/mol. The summed E-state index contributed by atoms with van der Waals surface area (Å²) in [6.45, 7) is 6.29.